The summed E-state index contributed by atoms with van der Waals surface area (Å²) >= 11 is 7.34. The van der Waals surface area contributed by atoms with Gasteiger partial charge in [0, 0.05) is 5.02 Å². The van der Waals surface area contributed by atoms with E-state index in [1.54, 1.807) is 30.3 Å². The van der Waals surface area contributed by atoms with Gasteiger partial charge < -0.3 is 19.3 Å². The molecule has 1 aromatic heterocycles. The monoisotopic (exact) mass is 421 g/mol. The molecule has 0 aliphatic carbocycles. The van der Waals surface area contributed by atoms with Crippen molar-refractivity contribution < 1.29 is 28.9 Å². The molecule has 3 rings (SSSR count). The Morgan fingerprint density at radius 2 is 1.82 bits per heavy atom. The van der Waals surface area contributed by atoms with Gasteiger partial charge in [-0.05, 0) is 49.4 Å². The molecule has 2 aromatic carbocycles. The minimum atomic E-state index is -1.88. The third kappa shape index (κ3) is 4.59. The number of aliphatic hydroxyl groups excluding tert-OH is 1. The van der Waals surface area contributed by atoms with Gasteiger partial charge in [-0.3, -0.25) is 4.79 Å². The van der Waals surface area contributed by atoms with Gasteiger partial charge in [0.25, 0.3) is 5.19 Å². The number of ketones is 1. The number of carbonyl (C=O) groups is 2. The molecular weight excluding hydrogens is 406 g/mol. The van der Waals surface area contributed by atoms with Crippen molar-refractivity contribution in [2.24, 2.45) is 0 Å². The molecule has 1 heterocycles. The maximum Gasteiger partial charge on any atom is 0.342 e. The number of Topliss-reactive ketones (excluding diaryl/α,β-unsaturated/α-hetero) is 1. The Bertz CT molecular complexity index is 1000. The molecule has 0 spiro atoms. The quantitative estimate of drug-likeness (QED) is 0.460. The number of methoxy groups -OCH3 is 1. The highest BCUT2D eigenvalue weighted by atomic mass is 35.5. The molecule has 0 saturated carbocycles. The van der Waals surface area contributed by atoms with Crippen molar-refractivity contribution >= 4 is 44.9 Å². The summed E-state index contributed by atoms with van der Waals surface area (Å²) in [6.07, 6.45) is -2.91. The number of fused-ring (bicyclic) bond motifs is 1. The summed E-state index contributed by atoms with van der Waals surface area (Å²) in [5.41, 5.74) is 0.792. The van der Waals surface area contributed by atoms with Gasteiger partial charge in [0.2, 0.25) is 11.9 Å². The van der Waals surface area contributed by atoms with Crippen LogP contribution in [0.25, 0.3) is 10.2 Å². The van der Waals surface area contributed by atoms with Gasteiger partial charge in [-0.15, -0.1) is 0 Å². The van der Waals surface area contributed by atoms with Crippen LogP contribution in [0.3, 0.4) is 0 Å². The van der Waals surface area contributed by atoms with E-state index in [1.807, 2.05) is 12.1 Å². The number of esters is 1. The number of nitrogens with zero attached hydrogens (tertiary/aromatic N) is 1. The minimum absolute atomic E-state index is 0.376. The van der Waals surface area contributed by atoms with Gasteiger partial charge in [0.05, 0.1) is 17.3 Å². The van der Waals surface area contributed by atoms with Gasteiger partial charge in [0.1, 0.15) is 11.5 Å². The van der Waals surface area contributed by atoms with Crippen molar-refractivity contribution in [1.82, 2.24) is 4.98 Å². The van der Waals surface area contributed by atoms with Crippen molar-refractivity contribution in [3.63, 3.8) is 0 Å². The summed E-state index contributed by atoms with van der Waals surface area (Å²) < 4.78 is 16.4. The number of hydrogen-bond acceptors (Lipinski definition) is 8. The minimum Gasteiger partial charge on any atom is -0.483 e. The van der Waals surface area contributed by atoms with Gasteiger partial charge in [-0.1, -0.05) is 22.9 Å². The number of hydrogen-bond donors (Lipinski definition) is 1. The maximum absolute atomic E-state index is 11.9. The molecule has 9 heteroatoms. The zero-order chi connectivity index (χ0) is 20.3. The van der Waals surface area contributed by atoms with E-state index in [-0.39, 0.29) is 0 Å². The smallest absolute Gasteiger partial charge is 0.342 e. The Labute approximate surface area is 169 Å². The summed E-state index contributed by atoms with van der Waals surface area (Å²) in [6, 6.07) is 11.9. The topological polar surface area (TPSA) is 95.0 Å². The molecule has 3 aromatic rings. The van der Waals surface area contributed by atoms with E-state index in [2.05, 4.69) is 9.72 Å². The number of ether oxygens (including phenoxy) is 3. The highest BCUT2D eigenvalue weighted by Crippen LogP contribution is 2.33. The lowest BCUT2D eigenvalue weighted by atomic mass is 10.1. The number of carbonyl (C=O) groups excluding carboxylic acids is 2. The fourth-order valence-corrected chi connectivity index (χ4v) is 3.43. The second kappa shape index (κ2) is 8.55. The van der Waals surface area contributed by atoms with Crippen molar-refractivity contribution in [2.45, 2.75) is 19.1 Å². The summed E-state index contributed by atoms with van der Waals surface area (Å²) in [5.74, 6) is -0.908. The molecule has 7 nitrogen and oxygen atoms in total. The second-order valence-electron chi connectivity index (χ2n) is 5.75. The van der Waals surface area contributed by atoms with Crippen LogP contribution in [0.15, 0.2) is 42.5 Å². The Balaban J connectivity index is 1.64. The van der Waals surface area contributed by atoms with E-state index < -0.39 is 24.0 Å². The highest BCUT2D eigenvalue weighted by molar-refractivity contribution is 7.20. The van der Waals surface area contributed by atoms with E-state index in [9.17, 15) is 14.7 Å². The molecule has 0 fully saturated rings. The molecule has 0 aliphatic heterocycles. The first-order valence-corrected chi connectivity index (χ1v) is 9.37. The Kier molecular flexibility index (Phi) is 6.13. The molecule has 1 N–H and O–H groups in total. The van der Waals surface area contributed by atoms with Crippen molar-refractivity contribution in [3.8, 4) is 16.7 Å². The number of thiazole rings is 1. The SMILES string of the molecule is COC(=O)C(O)C(=O)C(C)Oc1ccc(Oc2nc3ccc(Cl)cc3s2)cc1. The Morgan fingerprint density at radius 3 is 2.50 bits per heavy atom. The van der Waals surface area contributed by atoms with E-state index in [0.29, 0.717) is 21.7 Å². The summed E-state index contributed by atoms with van der Waals surface area (Å²) in [4.78, 5) is 27.6. The molecule has 146 valence electrons. The molecule has 0 amide bonds. The number of benzene rings is 2. The van der Waals surface area contributed by atoms with E-state index >= 15 is 0 Å². The van der Waals surface area contributed by atoms with Gasteiger partial charge in [-0.25, -0.2) is 9.78 Å². The number of rotatable bonds is 7. The van der Waals surface area contributed by atoms with Crippen molar-refractivity contribution in [2.75, 3.05) is 7.11 Å². The average molecular weight is 422 g/mol. The molecule has 0 aliphatic rings. The standard InChI is InChI=1S/C19H16ClNO6S/c1-10(16(22)17(23)18(24)25-2)26-12-4-6-13(7-5-12)27-19-21-14-8-3-11(20)9-15(14)28-19/h3-10,17,23H,1-2H3. The summed E-state index contributed by atoms with van der Waals surface area (Å²) in [5, 5.41) is 10.7. The molecule has 0 saturated heterocycles. The fourth-order valence-electron chi connectivity index (χ4n) is 2.32. The molecule has 28 heavy (non-hydrogen) atoms. The average Bonchev–Trinajstić information content (AvgIpc) is 3.08. The number of aliphatic hydroxyl groups is 1. The Morgan fingerprint density at radius 1 is 1.14 bits per heavy atom. The first-order valence-electron chi connectivity index (χ1n) is 8.17. The molecule has 2 atom stereocenters. The van der Waals surface area contributed by atoms with Crippen LogP contribution in [-0.2, 0) is 14.3 Å². The third-order valence-electron chi connectivity index (χ3n) is 3.77. The van der Waals surface area contributed by atoms with Crippen LogP contribution in [0, 0.1) is 0 Å². The van der Waals surface area contributed by atoms with Crippen LogP contribution in [0.1, 0.15) is 6.92 Å². The van der Waals surface area contributed by atoms with Gasteiger partial charge in [0.15, 0.2) is 6.10 Å². The van der Waals surface area contributed by atoms with Crippen LogP contribution in [-0.4, -0.2) is 41.2 Å². The molecular formula is C19H16ClNO6S. The van der Waals surface area contributed by atoms with Crippen LogP contribution >= 0.6 is 22.9 Å². The Hall–Kier alpha value is -2.68. The normalized spacial score (nSPS) is 13.0. The number of aromatic nitrogens is 1. The molecule has 0 bridgehead atoms. The summed E-state index contributed by atoms with van der Waals surface area (Å²) in [7, 11) is 1.09. The third-order valence-corrected chi connectivity index (χ3v) is 4.90. The second-order valence-corrected chi connectivity index (χ2v) is 7.18. The van der Waals surface area contributed by atoms with E-state index in [0.717, 1.165) is 17.3 Å². The van der Waals surface area contributed by atoms with Gasteiger partial charge >= 0.3 is 5.97 Å². The first kappa shape index (κ1) is 20.1. The maximum atomic E-state index is 11.9. The zero-order valence-corrected chi connectivity index (χ0v) is 16.5. The van der Waals surface area contributed by atoms with Crippen LogP contribution in [0.2, 0.25) is 5.02 Å². The fraction of sp³-hybridized carbons (Fsp3) is 0.211. The van der Waals surface area contributed by atoms with Crippen LogP contribution in [0.4, 0.5) is 0 Å². The first-order chi connectivity index (χ1) is 13.4. The lowest BCUT2D eigenvalue weighted by molar-refractivity contribution is -0.157. The van der Waals surface area contributed by atoms with E-state index in [4.69, 9.17) is 21.1 Å². The lowest BCUT2D eigenvalue weighted by Gasteiger charge is -2.16. The largest absolute Gasteiger partial charge is 0.483 e. The molecule has 2 unspecified atom stereocenters. The number of halogens is 1. The zero-order valence-electron chi connectivity index (χ0n) is 14.9. The van der Waals surface area contributed by atoms with Gasteiger partial charge in [-0.2, -0.15) is 0 Å². The van der Waals surface area contributed by atoms with Crippen molar-refractivity contribution in [3.05, 3.63) is 47.5 Å². The van der Waals surface area contributed by atoms with Crippen LogP contribution < -0.4 is 9.47 Å². The highest BCUT2D eigenvalue weighted by Gasteiger charge is 2.30. The molecule has 0 radical (unpaired) electrons. The summed E-state index contributed by atoms with van der Waals surface area (Å²) in [6.45, 7) is 1.44. The predicted octanol–water partition coefficient (Wildman–Crippen LogP) is 3.61. The van der Waals surface area contributed by atoms with E-state index in [1.165, 1.54) is 18.3 Å². The lowest BCUT2D eigenvalue weighted by Crippen LogP contribution is -2.39. The predicted molar refractivity (Wildman–Crippen MR) is 104 cm³/mol. The van der Waals surface area contributed by atoms with Crippen LogP contribution in [0.5, 0.6) is 16.7 Å². The van der Waals surface area contributed by atoms with Crippen molar-refractivity contribution in [1.29, 1.82) is 0 Å².